The van der Waals surface area contributed by atoms with E-state index in [0.29, 0.717) is 11.5 Å². The Labute approximate surface area is 119 Å². The van der Waals surface area contributed by atoms with Gasteiger partial charge in [-0.25, -0.2) is 0 Å². The summed E-state index contributed by atoms with van der Waals surface area (Å²) >= 11 is 1.77. The van der Waals surface area contributed by atoms with Crippen molar-refractivity contribution in [3.63, 3.8) is 0 Å². The lowest BCUT2D eigenvalue weighted by atomic mass is 9.88. The van der Waals surface area contributed by atoms with Crippen LogP contribution in [-0.4, -0.2) is 11.5 Å². The van der Waals surface area contributed by atoms with E-state index < -0.39 is 0 Å². The van der Waals surface area contributed by atoms with Crippen LogP contribution >= 0.6 is 11.3 Å². The van der Waals surface area contributed by atoms with Crippen LogP contribution in [0.4, 0.5) is 0 Å². The van der Waals surface area contributed by atoms with Gasteiger partial charge in [-0.3, -0.25) is 4.98 Å². The molecule has 0 spiro atoms. The van der Waals surface area contributed by atoms with Crippen LogP contribution < -0.4 is 5.32 Å². The molecule has 102 valence electrons. The van der Waals surface area contributed by atoms with Crippen molar-refractivity contribution in [1.82, 2.24) is 10.3 Å². The van der Waals surface area contributed by atoms with Gasteiger partial charge in [0, 0.05) is 18.8 Å². The summed E-state index contributed by atoms with van der Waals surface area (Å²) in [7, 11) is 0. The number of thiophene rings is 1. The van der Waals surface area contributed by atoms with E-state index in [0.717, 1.165) is 12.1 Å². The van der Waals surface area contributed by atoms with Crippen molar-refractivity contribution in [2.24, 2.45) is 5.41 Å². The Morgan fingerprint density at radius 3 is 3.00 bits per heavy atom. The topological polar surface area (TPSA) is 24.9 Å². The largest absolute Gasteiger partial charge is 0.310 e. The van der Waals surface area contributed by atoms with Crippen molar-refractivity contribution in [1.29, 1.82) is 0 Å². The van der Waals surface area contributed by atoms with E-state index in [2.05, 4.69) is 41.7 Å². The molecule has 1 unspecified atom stereocenters. The smallest absolute Gasteiger partial charge is 0.0809 e. The van der Waals surface area contributed by atoms with Crippen molar-refractivity contribution >= 4 is 21.6 Å². The summed E-state index contributed by atoms with van der Waals surface area (Å²) in [6, 6.07) is 4.75. The quantitative estimate of drug-likeness (QED) is 0.886. The number of nitrogens with one attached hydrogen (secondary N) is 1. The summed E-state index contributed by atoms with van der Waals surface area (Å²) in [5.41, 5.74) is 2.93. The molecule has 2 aromatic heterocycles. The molecule has 0 aromatic carbocycles. The normalized spacial score (nSPS) is 19.9. The van der Waals surface area contributed by atoms with E-state index in [1.807, 2.05) is 6.20 Å². The first kappa shape index (κ1) is 13.1. The molecule has 3 rings (SSSR count). The Morgan fingerprint density at radius 1 is 1.42 bits per heavy atom. The molecule has 2 aromatic rings. The molecule has 0 saturated heterocycles. The highest BCUT2D eigenvalue weighted by molar-refractivity contribution is 7.17. The lowest BCUT2D eigenvalue weighted by Crippen LogP contribution is -2.31. The highest BCUT2D eigenvalue weighted by atomic mass is 32.1. The van der Waals surface area contributed by atoms with Gasteiger partial charge in [-0.05, 0) is 48.3 Å². The van der Waals surface area contributed by atoms with Crippen LogP contribution in [0.15, 0.2) is 23.7 Å². The summed E-state index contributed by atoms with van der Waals surface area (Å²) in [6.45, 7) is 5.78. The molecular weight excluding hydrogens is 252 g/mol. The number of aromatic nitrogens is 1. The van der Waals surface area contributed by atoms with Gasteiger partial charge in [0.1, 0.15) is 0 Å². The molecule has 1 aliphatic rings. The second-order valence-electron chi connectivity index (χ2n) is 6.19. The molecule has 0 aliphatic heterocycles. The molecule has 19 heavy (non-hydrogen) atoms. The first-order valence-electron chi connectivity index (χ1n) is 7.23. The maximum Gasteiger partial charge on any atom is 0.0809 e. The van der Waals surface area contributed by atoms with Gasteiger partial charge >= 0.3 is 0 Å². The van der Waals surface area contributed by atoms with Crippen LogP contribution in [0, 0.1) is 5.41 Å². The SMILES string of the molecule is CC(NCC1(C)CCCC1)c1cnc2ccsc2c1. The number of rotatable bonds is 4. The Bertz CT molecular complexity index is 555. The summed E-state index contributed by atoms with van der Waals surface area (Å²) < 4.78 is 1.29. The summed E-state index contributed by atoms with van der Waals surface area (Å²) in [6.07, 6.45) is 7.55. The highest BCUT2D eigenvalue weighted by Gasteiger charge is 2.28. The van der Waals surface area contributed by atoms with Crippen molar-refractivity contribution in [3.8, 4) is 0 Å². The van der Waals surface area contributed by atoms with E-state index in [-0.39, 0.29) is 0 Å². The molecule has 0 amide bonds. The minimum atomic E-state index is 0.386. The predicted molar refractivity (Wildman–Crippen MR) is 82.6 cm³/mol. The van der Waals surface area contributed by atoms with E-state index in [1.165, 1.54) is 35.9 Å². The lowest BCUT2D eigenvalue weighted by molar-refractivity contribution is 0.302. The van der Waals surface area contributed by atoms with Crippen molar-refractivity contribution in [3.05, 3.63) is 29.3 Å². The lowest BCUT2D eigenvalue weighted by Gasteiger charge is -2.26. The van der Waals surface area contributed by atoms with E-state index in [4.69, 9.17) is 0 Å². The Kier molecular flexibility index (Phi) is 3.59. The number of pyridine rings is 1. The van der Waals surface area contributed by atoms with Crippen molar-refractivity contribution in [2.75, 3.05) is 6.54 Å². The third-order valence-electron chi connectivity index (χ3n) is 4.47. The highest BCUT2D eigenvalue weighted by Crippen LogP contribution is 2.37. The number of hydrogen-bond acceptors (Lipinski definition) is 3. The fourth-order valence-corrected chi connectivity index (χ4v) is 3.81. The Morgan fingerprint density at radius 2 is 2.21 bits per heavy atom. The fraction of sp³-hybridized carbons (Fsp3) is 0.562. The maximum atomic E-state index is 4.53. The third-order valence-corrected chi connectivity index (χ3v) is 5.32. The molecule has 1 fully saturated rings. The van der Waals surface area contributed by atoms with Gasteiger partial charge < -0.3 is 5.32 Å². The predicted octanol–water partition coefficient (Wildman–Crippen LogP) is 4.53. The summed E-state index contributed by atoms with van der Waals surface area (Å²) in [4.78, 5) is 4.53. The number of fused-ring (bicyclic) bond motifs is 1. The molecular formula is C16H22N2S. The number of hydrogen-bond donors (Lipinski definition) is 1. The summed E-state index contributed by atoms with van der Waals surface area (Å²) in [5.74, 6) is 0. The minimum absolute atomic E-state index is 0.386. The van der Waals surface area contributed by atoms with Gasteiger partial charge in [-0.2, -0.15) is 0 Å². The number of nitrogens with zero attached hydrogens (tertiary/aromatic N) is 1. The van der Waals surface area contributed by atoms with Gasteiger partial charge in [0.2, 0.25) is 0 Å². The maximum absolute atomic E-state index is 4.53. The standard InChI is InChI=1S/C16H22N2S/c1-12(18-11-16(2)6-3-4-7-16)13-9-15-14(17-10-13)5-8-19-15/h5,8-10,12,18H,3-4,6-7,11H2,1-2H3. The molecule has 2 heterocycles. The molecule has 2 nitrogen and oxygen atoms in total. The van der Waals surface area contributed by atoms with Gasteiger partial charge in [-0.15, -0.1) is 11.3 Å². The van der Waals surface area contributed by atoms with Crippen LogP contribution in [0.5, 0.6) is 0 Å². The molecule has 3 heteroatoms. The molecule has 1 saturated carbocycles. The summed E-state index contributed by atoms with van der Waals surface area (Å²) in [5, 5.41) is 5.81. The monoisotopic (exact) mass is 274 g/mol. The van der Waals surface area contributed by atoms with Crippen LogP contribution in [-0.2, 0) is 0 Å². The van der Waals surface area contributed by atoms with E-state index in [1.54, 1.807) is 11.3 Å². The molecule has 1 atom stereocenters. The van der Waals surface area contributed by atoms with Gasteiger partial charge in [0.25, 0.3) is 0 Å². The average Bonchev–Trinajstić information content (AvgIpc) is 3.04. The van der Waals surface area contributed by atoms with Crippen molar-refractivity contribution < 1.29 is 0 Å². The first-order valence-corrected chi connectivity index (χ1v) is 8.11. The molecule has 1 N–H and O–H groups in total. The molecule has 0 bridgehead atoms. The van der Waals surface area contributed by atoms with Crippen LogP contribution in [0.2, 0.25) is 0 Å². The molecule has 1 aliphatic carbocycles. The zero-order valence-electron chi connectivity index (χ0n) is 11.8. The third kappa shape index (κ3) is 2.82. The first-order chi connectivity index (χ1) is 9.16. The second-order valence-corrected chi connectivity index (χ2v) is 7.14. The van der Waals surface area contributed by atoms with Gasteiger partial charge in [0.15, 0.2) is 0 Å². The zero-order chi connectivity index (χ0) is 13.3. The minimum Gasteiger partial charge on any atom is -0.310 e. The molecule has 0 radical (unpaired) electrons. The average molecular weight is 274 g/mol. The van der Waals surface area contributed by atoms with Crippen LogP contribution in [0.1, 0.15) is 51.1 Å². The zero-order valence-corrected chi connectivity index (χ0v) is 12.6. The van der Waals surface area contributed by atoms with Gasteiger partial charge in [0.05, 0.1) is 10.2 Å². The van der Waals surface area contributed by atoms with E-state index in [9.17, 15) is 0 Å². The van der Waals surface area contributed by atoms with Gasteiger partial charge in [-0.1, -0.05) is 19.8 Å². The van der Waals surface area contributed by atoms with E-state index >= 15 is 0 Å². The fourth-order valence-electron chi connectivity index (χ4n) is 3.02. The van der Waals surface area contributed by atoms with Crippen LogP contribution in [0.3, 0.4) is 0 Å². The Hall–Kier alpha value is -0.930. The van der Waals surface area contributed by atoms with Crippen molar-refractivity contribution in [2.45, 2.75) is 45.6 Å². The Balaban J connectivity index is 1.67. The van der Waals surface area contributed by atoms with Crippen LogP contribution in [0.25, 0.3) is 10.2 Å². The second kappa shape index (κ2) is 5.22.